The Hall–Kier alpha value is -2.07. The molecule has 2 fully saturated rings. The van der Waals surface area contributed by atoms with E-state index in [-0.39, 0.29) is 30.4 Å². The van der Waals surface area contributed by atoms with Crippen LogP contribution in [0.2, 0.25) is 0 Å². The fourth-order valence-electron chi connectivity index (χ4n) is 4.00. The molecule has 3 heterocycles. The molecule has 6 heteroatoms. The molecule has 0 radical (unpaired) electrons. The number of likely N-dealkylation sites (N-methyl/N-ethyl adjacent to an activating group) is 1. The van der Waals surface area contributed by atoms with Gasteiger partial charge in [0.2, 0.25) is 6.04 Å². The standard InChI is InChI=1S/C22H28BN3O2/c1-21(2)22(3,4)28-23(27-21)16-9-7-15(8-10-16)18-11-12-19(25-18)20-13-17(24-5)14-26(20)6/h7-12,17,20,25H,13-14H2,1-4,6H3/t17-,20?/m0/s1. The van der Waals surface area contributed by atoms with Gasteiger partial charge in [-0.3, -0.25) is 4.90 Å². The number of aromatic amines is 1. The summed E-state index contributed by atoms with van der Waals surface area (Å²) >= 11 is 0. The molecule has 0 aliphatic carbocycles. The fraction of sp³-hybridized carbons (Fsp3) is 0.500. The molecular weight excluding hydrogens is 349 g/mol. The number of nitrogens with one attached hydrogen (secondary N) is 1. The monoisotopic (exact) mass is 377 g/mol. The van der Waals surface area contributed by atoms with Gasteiger partial charge in [-0.1, -0.05) is 24.3 Å². The second-order valence-corrected chi connectivity index (χ2v) is 9.01. The van der Waals surface area contributed by atoms with Crippen molar-refractivity contribution in [2.75, 3.05) is 13.6 Å². The van der Waals surface area contributed by atoms with Crippen molar-refractivity contribution in [2.24, 2.45) is 0 Å². The van der Waals surface area contributed by atoms with Gasteiger partial charge in [0.1, 0.15) is 0 Å². The van der Waals surface area contributed by atoms with E-state index in [1.54, 1.807) is 0 Å². The van der Waals surface area contributed by atoms with E-state index in [4.69, 9.17) is 15.9 Å². The number of hydrogen-bond acceptors (Lipinski definition) is 3. The number of nitrogens with zero attached hydrogens (tertiary/aromatic N) is 2. The van der Waals surface area contributed by atoms with Crippen molar-refractivity contribution in [1.82, 2.24) is 9.88 Å². The fourth-order valence-corrected chi connectivity index (χ4v) is 4.00. The normalized spacial score (nSPS) is 26.5. The quantitative estimate of drug-likeness (QED) is 0.656. The molecule has 0 saturated carbocycles. The first kappa shape index (κ1) is 19.3. The van der Waals surface area contributed by atoms with E-state index < -0.39 is 0 Å². The number of rotatable bonds is 3. The predicted molar refractivity (Wildman–Crippen MR) is 112 cm³/mol. The Kier molecular flexibility index (Phi) is 4.66. The average Bonchev–Trinajstić information content (AvgIpc) is 3.31. The highest BCUT2D eigenvalue weighted by Crippen LogP contribution is 2.37. The Balaban J connectivity index is 1.50. The van der Waals surface area contributed by atoms with Gasteiger partial charge in [-0.05, 0) is 57.9 Å². The van der Waals surface area contributed by atoms with E-state index in [2.05, 4.69) is 85.9 Å². The van der Waals surface area contributed by atoms with E-state index in [0.29, 0.717) is 0 Å². The van der Waals surface area contributed by atoms with Crippen LogP contribution < -0.4 is 5.46 Å². The topological polar surface area (TPSA) is 41.9 Å². The minimum absolute atomic E-state index is 0.0981. The summed E-state index contributed by atoms with van der Waals surface area (Å²) in [5.74, 6) is 0. The molecule has 5 nitrogen and oxygen atoms in total. The lowest BCUT2D eigenvalue weighted by Gasteiger charge is -2.32. The summed E-state index contributed by atoms with van der Waals surface area (Å²) in [5.41, 5.74) is 3.77. The molecule has 2 saturated heterocycles. The molecule has 4 rings (SSSR count). The van der Waals surface area contributed by atoms with Crippen LogP contribution in [-0.2, 0) is 9.31 Å². The van der Waals surface area contributed by atoms with E-state index in [9.17, 15) is 0 Å². The van der Waals surface area contributed by atoms with E-state index in [0.717, 1.165) is 29.7 Å². The van der Waals surface area contributed by atoms with Gasteiger partial charge in [-0.25, -0.2) is 6.57 Å². The maximum absolute atomic E-state index is 7.29. The number of likely N-dealkylation sites (tertiary alicyclic amines) is 1. The smallest absolute Gasteiger partial charge is 0.399 e. The van der Waals surface area contributed by atoms with Gasteiger partial charge in [0.15, 0.2) is 0 Å². The first-order valence-corrected chi connectivity index (χ1v) is 9.92. The summed E-state index contributed by atoms with van der Waals surface area (Å²) in [6, 6.07) is 13.0. The maximum Gasteiger partial charge on any atom is 0.494 e. The lowest BCUT2D eigenvalue weighted by Crippen LogP contribution is -2.41. The molecule has 2 aliphatic heterocycles. The Morgan fingerprint density at radius 2 is 1.71 bits per heavy atom. The highest BCUT2D eigenvalue weighted by molar-refractivity contribution is 6.62. The van der Waals surface area contributed by atoms with Gasteiger partial charge < -0.3 is 19.1 Å². The number of aromatic nitrogens is 1. The van der Waals surface area contributed by atoms with Crippen LogP contribution in [0.25, 0.3) is 16.1 Å². The molecule has 0 amide bonds. The third kappa shape index (κ3) is 3.28. The minimum Gasteiger partial charge on any atom is -0.399 e. The van der Waals surface area contributed by atoms with Crippen molar-refractivity contribution in [3.05, 3.63) is 53.5 Å². The van der Waals surface area contributed by atoms with Crippen LogP contribution >= 0.6 is 0 Å². The first-order chi connectivity index (χ1) is 13.2. The minimum atomic E-state index is -0.337. The molecule has 1 unspecified atom stereocenters. The lowest BCUT2D eigenvalue weighted by atomic mass is 9.79. The van der Waals surface area contributed by atoms with Gasteiger partial charge in [0.05, 0.1) is 23.8 Å². The second-order valence-electron chi connectivity index (χ2n) is 9.01. The van der Waals surface area contributed by atoms with Crippen molar-refractivity contribution in [1.29, 1.82) is 0 Å². The Labute approximate surface area is 168 Å². The van der Waals surface area contributed by atoms with Crippen LogP contribution in [0.15, 0.2) is 36.4 Å². The van der Waals surface area contributed by atoms with E-state index in [1.807, 2.05) is 0 Å². The van der Waals surface area contributed by atoms with Crippen molar-refractivity contribution in [2.45, 2.75) is 57.4 Å². The highest BCUT2D eigenvalue weighted by atomic mass is 16.7. The maximum atomic E-state index is 7.29. The average molecular weight is 377 g/mol. The van der Waals surface area contributed by atoms with Crippen molar-refractivity contribution in [3.8, 4) is 11.3 Å². The van der Waals surface area contributed by atoms with Crippen molar-refractivity contribution >= 4 is 12.6 Å². The van der Waals surface area contributed by atoms with Gasteiger partial charge in [-0.15, -0.1) is 0 Å². The van der Waals surface area contributed by atoms with Crippen LogP contribution in [0, 0.1) is 6.57 Å². The largest absolute Gasteiger partial charge is 0.494 e. The van der Waals surface area contributed by atoms with Crippen molar-refractivity contribution < 1.29 is 9.31 Å². The molecule has 2 atom stereocenters. The molecule has 2 aromatic rings. The molecule has 28 heavy (non-hydrogen) atoms. The molecule has 1 aromatic carbocycles. The zero-order valence-corrected chi connectivity index (χ0v) is 17.3. The highest BCUT2D eigenvalue weighted by Gasteiger charge is 2.51. The Morgan fingerprint density at radius 1 is 1.07 bits per heavy atom. The Morgan fingerprint density at radius 3 is 2.29 bits per heavy atom. The number of H-pyrrole nitrogens is 1. The van der Waals surface area contributed by atoms with Crippen LogP contribution in [0.1, 0.15) is 45.9 Å². The molecule has 1 aromatic heterocycles. The molecule has 1 N–H and O–H groups in total. The molecule has 146 valence electrons. The van der Waals surface area contributed by atoms with Gasteiger partial charge in [0, 0.05) is 17.8 Å². The van der Waals surface area contributed by atoms with E-state index >= 15 is 0 Å². The van der Waals surface area contributed by atoms with Gasteiger partial charge >= 0.3 is 7.12 Å². The molecule has 2 aliphatic rings. The summed E-state index contributed by atoms with van der Waals surface area (Å²) in [5, 5.41) is 0. The van der Waals surface area contributed by atoms with Gasteiger partial charge in [0.25, 0.3) is 0 Å². The lowest BCUT2D eigenvalue weighted by molar-refractivity contribution is 0.00578. The Bertz CT molecular complexity index is 881. The SMILES string of the molecule is [C-]#[N+][C@H]1CC(c2ccc(-c3ccc(B4OC(C)(C)C(C)(C)O4)cc3)[nH]2)N(C)C1. The summed E-state index contributed by atoms with van der Waals surface area (Å²) in [6.45, 7) is 16.4. The van der Waals surface area contributed by atoms with Crippen molar-refractivity contribution in [3.63, 3.8) is 0 Å². The number of hydrogen-bond donors (Lipinski definition) is 1. The zero-order chi connectivity index (χ0) is 20.1. The predicted octanol–water partition coefficient (Wildman–Crippen LogP) is 3.65. The summed E-state index contributed by atoms with van der Waals surface area (Å²) in [7, 11) is 1.76. The zero-order valence-electron chi connectivity index (χ0n) is 17.3. The first-order valence-electron chi connectivity index (χ1n) is 9.92. The van der Waals surface area contributed by atoms with Crippen LogP contribution in [0.3, 0.4) is 0 Å². The third-order valence-corrected chi connectivity index (χ3v) is 6.52. The summed E-state index contributed by atoms with van der Waals surface area (Å²) < 4.78 is 12.3. The van der Waals surface area contributed by atoms with Gasteiger partial charge in [-0.2, -0.15) is 0 Å². The summed E-state index contributed by atoms with van der Waals surface area (Å²) in [6.07, 6.45) is 0.890. The molecular formula is C22H28BN3O2. The van der Waals surface area contributed by atoms with Crippen LogP contribution in [0.4, 0.5) is 0 Å². The third-order valence-electron chi connectivity index (χ3n) is 6.52. The summed E-state index contributed by atoms with van der Waals surface area (Å²) in [4.78, 5) is 9.54. The second kappa shape index (κ2) is 6.77. The van der Waals surface area contributed by atoms with E-state index in [1.165, 1.54) is 5.69 Å². The van der Waals surface area contributed by atoms with Crippen LogP contribution in [0.5, 0.6) is 0 Å². The molecule has 0 bridgehead atoms. The molecule has 0 spiro atoms. The number of benzene rings is 1. The van der Waals surface area contributed by atoms with Crippen LogP contribution in [-0.4, -0.2) is 47.8 Å².